The summed E-state index contributed by atoms with van der Waals surface area (Å²) in [6.45, 7) is 3.87. The predicted octanol–water partition coefficient (Wildman–Crippen LogP) is 3.01. The van der Waals surface area contributed by atoms with Crippen LogP contribution in [0.2, 0.25) is 0 Å². The Morgan fingerprint density at radius 1 is 1.29 bits per heavy atom. The lowest BCUT2D eigenvalue weighted by Gasteiger charge is -2.18. The molecule has 2 rings (SSSR count). The van der Waals surface area contributed by atoms with Crippen LogP contribution in [0.5, 0.6) is 0 Å². The second kappa shape index (κ2) is 7.59. The molecule has 116 valence electrons. The van der Waals surface area contributed by atoms with Gasteiger partial charge in [0.1, 0.15) is 0 Å². The van der Waals surface area contributed by atoms with E-state index < -0.39 is 0 Å². The van der Waals surface area contributed by atoms with E-state index in [-0.39, 0.29) is 29.8 Å². The van der Waals surface area contributed by atoms with E-state index in [1.165, 1.54) is 0 Å². The highest BCUT2D eigenvalue weighted by Crippen LogP contribution is 2.24. The van der Waals surface area contributed by atoms with E-state index in [1.807, 2.05) is 31.4 Å². The second-order valence-electron chi connectivity index (χ2n) is 5.90. The predicted molar refractivity (Wildman–Crippen MR) is 85.1 cm³/mol. The maximum atomic E-state index is 12.0. The largest absolute Gasteiger partial charge is 0.353 e. The van der Waals surface area contributed by atoms with Gasteiger partial charge in [0.25, 0.3) is 0 Å². The fourth-order valence-corrected chi connectivity index (χ4v) is 3.52. The van der Waals surface area contributed by atoms with Crippen LogP contribution < -0.4 is 10.6 Å². The third kappa shape index (κ3) is 4.84. The first-order valence-corrected chi connectivity index (χ1v) is 8.57. The van der Waals surface area contributed by atoms with Crippen molar-refractivity contribution in [1.82, 2.24) is 10.6 Å². The van der Waals surface area contributed by atoms with Crippen molar-refractivity contribution in [1.29, 1.82) is 0 Å². The first-order chi connectivity index (χ1) is 10.1. The number of hydrogen-bond acceptors (Lipinski definition) is 3. The molecular formula is C16H24N2O2S. The van der Waals surface area contributed by atoms with Gasteiger partial charge in [-0.1, -0.05) is 18.9 Å². The average molecular weight is 308 g/mol. The second-order valence-corrected chi connectivity index (χ2v) is 6.88. The van der Waals surface area contributed by atoms with Crippen LogP contribution in [0.25, 0.3) is 0 Å². The third-order valence-electron chi connectivity index (χ3n) is 3.95. The molecule has 1 aliphatic rings. The van der Waals surface area contributed by atoms with Crippen LogP contribution in [0.1, 0.15) is 56.9 Å². The number of nitrogens with one attached hydrogen (secondary N) is 2. The molecule has 1 heterocycles. The Hall–Kier alpha value is -1.36. The highest BCUT2D eigenvalue weighted by atomic mass is 32.1. The van der Waals surface area contributed by atoms with E-state index in [0.717, 1.165) is 30.6 Å². The molecule has 21 heavy (non-hydrogen) atoms. The van der Waals surface area contributed by atoms with Crippen LogP contribution in [-0.2, 0) is 9.59 Å². The van der Waals surface area contributed by atoms with Gasteiger partial charge in [0.2, 0.25) is 11.8 Å². The summed E-state index contributed by atoms with van der Waals surface area (Å²) in [4.78, 5) is 25.2. The lowest BCUT2D eigenvalue weighted by Crippen LogP contribution is -2.40. The first kappa shape index (κ1) is 16.0. The SMILES string of the molecule is C[C@H](CC(=O)N[C@H](C)c1cccs1)NC(=O)C1CCCC1. The fraction of sp³-hybridized carbons (Fsp3) is 0.625. The molecule has 2 atom stereocenters. The maximum Gasteiger partial charge on any atom is 0.223 e. The van der Waals surface area contributed by atoms with E-state index in [9.17, 15) is 9.59 Å². The van der Waals surface area contributed by atoms with E-state index in [4.69, 9.17) is 0 Å². The van der Waals surface area contributed by atoms with Gasteiger partial charge in [0, 0.05) is 23.3 Å². The third-order valence-corrected chi connectivity index (χ3v) is 5.01. The van der Waals surface area contributed by atoms with Gasteiger partial charge in [-0.2, -0.15) is 0 Å². The van der Waals surface area contributed by atoms with E-state index in [2.05, 4.69) is 10.6 Å². The number of carbonyl (C=O) groups is 2. The van der Waals surface area contributed by atoms with Gasteiger partial charge in [0.15, 0.2) is 0 Å². The van der Waals surface area contributed by atoms with Crippen molar-refractivity contribution in [2.45, 2.75) is 58.0 Å². The van der Waals surface area contributed by atoms with Crippen molar-refractivity contribution < 1.29 is 9.59 Å². The zero-order valence-corrected chi connectivity index (χ0v) is 13.5. The van der Waals surface area contributed by atoms with E-state index >= 15 is 0 Å². The van der Waals surface area contributed by atoms with Crippen molar-refractivity contribution in [3.05, 3.63) is 22.4 Å². The zero-order valence-electron chi connectivity index (χ0n) is 12.7. The Morgan fingerprint density at radius 2 is 2.00 bits per heavy atom. The summed E-state index contributed by atoms with van der Waals surface area (Å²) < 4.78 is 0. The van der Waals surface area contributed by atoms with Crippen LogP contribution in [0.3, 0.4) is 0 Å². The molecule has 0 aliphatic heterocycles. The lowest BCUT2D eigenvalue weighted by atomic mass is 10.1. The van der Waals surface area contributed by atoms with Crippen LogP contribution in [0, 0.1) is 5.92 Å². The minimum Gasteiger partial charge on any atom is -0.353 e. The van der Waals surface area contributed by atoms with Crippen LogP contribution in [-0.4, -0.2) is 17.9 Å². The highest BCUT2D eigenvalue weighted by Gasteiger charge is 2.24. The molecule has 0 radical (unpaired) electrons. The quantitative estimate of drug-likeness (QED) is 0.848. The summed E-state index contributed by atoms with van der Waals surface area (Å²) in [5.74, 6) is 0.245. The van der Waals surface area contributed by atoms with Gasteiger partial charge in [-0.05, 0) is 38.1 Å². The number of thiophene rings is 1. The van der Waals surface area contributed by atoms with E-state index in [1.54, 1.807) is 11.3 Å². The molecular weight excluding hydrogens is 284 g/mol. The molecule has 0 aromatic carbocycles. The van der Waals surface area contributed by atoms with Gasteiger partial charge in [-0.3, -0.25) is 9.59 Å². The summed E-state index contributed by atoms with van der Waals surface area (Å²) in [7, 11) is 0. The molecule has 0 spiro atoms. The summed E-state index contributed by atoms with van der Waals surface area (Å²) >= 11 is 1.63. The molecule has 0 saturated heterocycles. The zero-order chi connectivity index (χ0) is 15.2. The van der Waals surface area contributed by atoms with Crippen molar-refractivity contribution in [3.63, 3.8) is 0 Å². The van der Waals surface area contributed by atoms with E-state index in [0.29, 0.717) is 6.42 Å². The van der Waals surface area contributed by atoms with Gasteiger partial charge in [0.05, 0.1) is 6.04 Å². The Balaban J connectivity index is 1.72. The number of rotatable bonds is 6. The molecule has 0 unspecified atom stereocenters. The van der Waals surface area contributed by atoms with Crippen LogP contribution >= 0.6 is 11.3 Å². The molecule has 1 aromatic heterocycles. The number of amides is 2. The summed E-state index contributed by atoms with van der Waals surface area (Å²) in [5.41, 5.74) is 0. The molecule has 2 N–H and O–H groups in total. The fourth-order valence-electron chi connectivity index (χ4n) is 2.79. The van der Waals surface area contributed by atoms with Gasteiger partial charge < -0.3 is 10.6 Å². The minimum atomic E-state index is -0.117. The Bertz CT molecular complexity index is 467. The molecule has 1 saturated carbocycles. The Labute approximate surface area is 130 Å². The van der Waals surface area contributed by atoms with Crippen LogP contribution in [0.15, 0.2) is 17.5 Å². The summed E-state index contributed by atoms with van der Waals surface area (Å²) in [6.07, 6.45) is 4.59. The Morgan fingerprint density at radius 3 is 2.62 bits per heavy atom. The smallest absolute Gasteiger partial charge is 0.223 e. The van der Waals surface area contributed by atoms with Gasteiger partial charge in [-0.15, -0.1) is 11.3 Å². The molecule has 4 nitrogen and oxygen atoms in total. The van der Waals surface area contributed by atoms with Gasteiger partial charge >= 0.3 is 0 Å². The monoisotopic (exact) mass is 308 g/mol. The molecule has 5 heteroatoms. The molecule has 2 amide bonds. The molecule has 1 aromatic rings. The number of carbonyl (C=O) groups excluding carboxylic acids is 2. The number of hydrogen-bond donors (Lipinski definition) is 2. The molecule has 0 bridgehead atoms. The average Bonchev–Trinajstić information content (AvgIpc) is 3.12. The Kier molecular flexibility index (Phi) is 5.79. The first-order valence-electron chi connectivity index (χ1n) is 7.69. The van der Waals surface area contributed by atoms with Crippen LogP contribution in [0.4, 0.5) is 0 Å². The van der Waals surface area contributed by atoms with Gasteiger partial charge in [-0.25, -0.2) is 0 Å². The summed E-state index contributed by atoms with van der Waals surface area (Å²) in [5, 5.41) is 7.94. The normalized spacial score (nSPS) is 18.2. The van der Waals surface area contributed by atoms with Crippen molar-refractivity contribution >= 4 is 23.2 Å². The molecule has 1 fully saturated rings. The standard InChI is InChI=1S/C16H24N2O2S/c1-11(17-16(20)13-6-3-4-7-13)10-15(19)18-12(2)14-8-5-9-21-14/h5,8-9,11-13H,3-4,6-7,10H2,1-2H3,(H,17,20)(H,18,19)/t11-,12-/m1/s1. The van der Waals surface area contributed by atoms with Crippen molar-refractivity contribution in [2.24, 2.45) is 5.92 Å². The topological polar surface area (TPSA) is 58.2 Å². The minimum absolute atomic E-state index is 0.0184. The maximum absolute atomic E-state index is 12.0. The molecule has 1 aliphatic carbocycles. The van der Waals surface area contributed by atoms with Crippen molar-refractivity contribution in [2.75, 3.05) is 0 Å². The summed E-state index contributed by atoms with van der Waals surface area (Å²) in [6, 6.07) is 3.90. The highest BCUT2D eigenvalue weighted by molar-refractivity contribution is 7.10. The van der Waals surface area contributed by atoms with Crippen molar-refractivity contribution in [3.8, 4) is 0 Å². The lowest BCUT2D eigenvalue weighted by molar-refractivity contribution is -0.126.